The molecule has 0 aromatic carbocycles. The van der Waals surface area contributed by atoms with Crippen LogP contribution in [0.2, 0.25) is 0 Å². The molecule has 2 aliphatic rings. The van der Waals surface area contributed by atoms with Crippen LogP contribution in [0.25, 0.3) is 0 Å². The summed E-state index contributed by atoms with van der Waals surface area (Å²) in [5, 5.41) is 0. The van der Waals surface area contributed by atoms with E-state index in [2.05, 4.69) is 46.4 Å². The zero-order chi connectivity index (χ0) is 13.7. The zero-order valence-corrected chi connectivity index (χ0v) is 12.8. The van der Waals surface area contributed by atoms with Gasteiger partial charge in [-0.2, -0.15) is 0 Å². The van der Waals surface area contributed by atoms with E-state index in [1.54, 1.807) is 0 Å². The van der Waals surface area contributed by atoms with Crippen molar-refractivity contribution in [3.63, 3.8) is 0 Å². The van der Waals surface area contributed by atoms with Gasteiger partial charge >= 0.3 is 0 Å². The van der Waals surface area contributed by atoms with Crippen LogP contribution < -0.4 is 0 Å². The lowest BCUT2D eigenvalue weighted by atomic mass is 9.77. The predicted octanol–water partition coefficient (Wildman–Crippen LogP) is 4.54. The van der Waals surface area contributed by atoms with Crippen LogP contribution in [-0.2, 0) is 0 Å². The maximum absolute atomic E-state index is 14.3. The Labute approximate surface area is 111 Å². The van der Waals surface area contributed by atoms with Crippen molar-refractivity contribution in [2.24, 2.45) is 11.3 Å². The second-order valence-corrected chi connectivity index (χ2v) is 8.09. The van der Waals surface area contributed by atoms with Crippen LogP contribution in [0.5, 0.6) is 0 Å². The van der Waals surface area contributed by atoms with Crippen molar-refractivity contribution >= 4 is 0 Å². The summed E-state index contributed by atoms with van der Waals surface area (Å²) in [6.07, 6.45) is 3.33. The highest BCUT2D eigenvalue weighted by Crippen LogP contribution is 2.47. The fourth-order valence-electron chi connectivity index (χ4n) is 3.09. The maximum atomic E-state index is 14.3. The van der Waals surface area contributed by atoms with Crippen molar-refractivity contribution in [1.29, 1.82) is 0 Å². The highest BCUT2D eigenvalue weighted by Gasteiger charge is 2.43. The molecule has 18 heavy (non-hydrogen) atoms. The third kappa shape index (κ3) is 2.79. The number of hydrogen-bond donors (Lipinski definition) is 0. The Morgan fingerprint density at radius 2 is 1.61 bits per heavy atom. The number of rotatable bonds is 1. The molecular formula is C16H28FN. The van der Waals surface area contributed by atoms with E-state index >= 15 is 0 Å². The highest BCUT2D eigenvalue weighted by atomic mass is 19.1. The van der Waals surface area contributed by atoms with Crippen molar-refractivity contribution in [2.75, 3.05) is 6.54 Å². The fraction of sp³-hybridized carbons (Fsp3) is 0.875. The summed E-state index contributed by atoms with van der Waals surface area (Å²) in [6, 6.07) is 0.451. The maximum Gasteiger partial charge on any atom is 0.113 e. The molecule has 1 aliphatic carbocycles. The van der Waals surface area contributed by atoms with Gasteiger partial charge in [-0.15, -0.1) is 0 Å². The first-order chi connectivity index (χ1) is 8.10. The first kappa shape index (κ1) is 14.0. The van der Waals surface area contributed by atoms with Gasteiger partial charge in [0.1, 0.15) is 5.83 Å². The minimum absolute atomic E-state index is 0.0321. The molecule has 1 nitrogen and oxygen atoms in total. The minimum atomic E-state index is 0.0321. The molecule has 1 heterocycles. The van der Waals surface area contributed by atoms with Crippen LogP contribution in [0.15, 0.2) is 11.4 Å². The third-order valence-corrected chi connectivity index (χ3v) is 4.38. The molecule has 1 unspecified atom stereocenters. The van der Waals surface area contributed by atoms with Gasteiger partial charge in [-0.05, 0) is 56.9 Å². The molecule has 0 saturated heterocycles. The topological polar surface area (TPSA) is 3.24 Å². The molecule has 1 saturated carbocycles. The van der Waals surface area contributed by atoms with E-state index in [0.717, 1.165) is 12.0 Å². The SMILES string of the molecule is CC(C)(C)C1CC(C2CC2)=C(F)CN1C(C)(C)C. The zero-order valence-electron chi connectivity index (χ0n) is 12.8. The Kier molecular flexibility index (Phi) is 3.38. The lowest BCUT2D eigenvalue weighted by molar-refractivity contribution is 0.0156. The molecule has 0 aromatic heterocycles. The normalized spacial score (nSPS) is 27.8. The molecule has 2 heteroatoms. The molecule has 1 atom stereocenters. The van der Waals surface area contributed by atoms with Crippen LogP contribution in [-0.4, -0.2) is 23.0 Å². The summed E-state index contributed by atoms with van der Waals surface area (Å²) in [7, 11) is 0. The second kappa shape index (κ2) is 4.33. The molecule has 104 valence electrons. The smallest absolute Gasteiger partial charge is 0.113 e. The van der Waals surface area contributed by atoms with Gasteiger partial charge in [-0.1, -0.05) is 20.8 Å². The summed E-state index contributed by atoms with van der Waals surface area (Å²) in [5.74, 6) is 0.727. The molecule has 1 fully saturated rings. The summed E-state index contributed by atoms with van der Waals surface area (Å²) < 4.78 is 14.3. The van der Waals surface area contributed by atoms with E-state index in [0.29, 0.717) is 18.5 Å². The van der Waals surface area contributed by atoms with E-state index in [4.69, 9.17) is 0 Å². The van der Waals surface area contributed by atoms with Gasteiger partial charge in [0.15, 0.2) is 0 Å². The average molecular weight is 253 g/mol. The Balaban J connectivity index is 2.30. The van der Waals surface area contributed by atoms with Gasteiger partial charge in [0.05, 0.1) is 6.54 Å². The van der Waals surface area contributed by atoms with E-state index in [-0.39, 0.29) is 16.8 Å². The van der Waals surface area contributed by atoms with E-state index in [9.17, 15) is 4.39 Å². The molecule has 0 bridgehead atoms. The van der Waals surface area contributed by atoms with Crippen molar-refractivity contribution < 1.29 is 4.39 Å². The Bertz CT molecular complexity index is 352. The monoisotopic (exact) mass is 253 g/mol. The third-order valence-electron chi connectivity index (χ3n) is 4.38. The van der Waals surface area contributed by atoms with E-state index < -0.39 is 0 Å². The van der Waals surface area contributed by atoms with Gasteiger partial charge in [-0.25, -0.2) is 4.39 Å². The molecule has 0 N–H and O–H groups in total. The Hall–Kier alpha value is -0.370. The van der Waals surface area contributed by atoms with Crippen molar-refractivity contribution in [3.05, 3.63) is 11.4 Å². The number of halogens is 1. The lowest BCUT2D eigenvalue weighted by Crippen LogP contribution is -2.55. The molecule has 0 amide bonds. The van der Waals surface area contributed by atoms with Crippen molar-refractivity contribution in [1.82, 2.24) is 4.90 Å². The average Bonchev–Trinajstić information content (AvgIpc) is 2.97. The number of hydrogen-bond acceptors (Lipinski definition) is 1. The second-order valence-electron chi connectivity index (χ2n) is 8.09. The Morgan fingerprint density at radius 3 is 2.00 bits per heavy atom. The number of nitrogens with zero attached hydrogens (tertiary/aromatic N) is 1. The van der Waals surface area contributed by atoms with Gasteiger partial charge in [0.25, 0.3) is 0 Å². The van der Waals surface area contributed by atoms with Gasteiger partial charge < -0.3 is 0 Å². The van der Waals surface area contributed by atoms with Crippen LogP contribution >= 0.6 is 0 Å². The lowest BCUT2D eigenvalue weighted by Gasteiger charge is -2.50. The van der Waals surface area contributed by atoms with E-state index in [1.807, 2.05) is 0 Å². The van der Waals surface area contributed by atoms with Crippen molar-refractivity contribution in [2.45, 2.75) is 72.4 Å². The molecule has 1 aliphatic heterocycles. The van der Waals surface area contributed by atoms with Gasteiger partial charge in [0.2, 0.25) is 0 Å². The molecule has 2 rings (SSSR count). The molecule has 0 aromatic rings. The van der Waals surface area contributed by atoms with Crippen LogP contribution in [0.3, 0.4) is 0 Å². The largest absolute Gasteiger partial charge is 0.288 e. The van der Waals surface area contributed by atoms with Gasteiger partial charge in [0, 0.05) is 11.6 Å². The summed E-state index contributed by atoms with van der Waals surface area (Å²) in [6.45, 7) is 13.9. The highest BCUT2D eigenvalue weighted by molar-refractivity contribution is 5.23. The summed E-state index contributed by atoms with van der Waals surface area (Å²) in [4.78, 5) is 2.36. The van der Waals surface area contributed by atoms with Gasteiger partial charge in [-0.3, -0.25) is 4.90 Å². The van der Waals surface area contributed by atoms with E-state index in [1.165, 1.54) is 12.8 Å². The van der Waals surface area contributed by atoms with Crippen LogP contribution in [0, 0.1) is 11.3 Å². The van der Waals surface area contributed by atoms with Crippen LogP contribution in [0.4, 0.5) is 4.39 Å². The molecule has 0 spiro atoms. The molecular weight excluding hydrogens is 225 g/mol. The fourth-order valence-corrected chi connectivity index (χ4v) is 3.09. The summed E-state index contributed by atoms with van der Waals surface area (Å²) >= 11 is 0. The quantitative estimate of drug-likeness (QED) is 0.663. The molecule has 0 radical (unpaired) electrons. The van der Waals surface area contributed by atoms with Crippen molar-refractivity contribution in [3.8, 4) is 0 Å². The summed E-state index contributed by atoms with van der Waals surface area (Å²) in [5.41, 5.74) is 1.37. The standard InChI is InChI=1S/C16H28FN/c1-15(2,3)14-9-12(11-7-8-11)13(17)10-18(14)16(4,5)6/h11,14H,7-10H2,1-6H3. The predicted molar refractivity (Wildman–Crippen MR) is 75.2 cm³/mol. The first-order valence-electron chi connectivity index (χ1n) is 7.25. The first-order valence-corrected chi connectivity index (χ1v) is 7.25. The Morgan fingerprint density at radius 1 is 1.06 bits per heavy atom. The minimum Gasteiger partial charge on any atom is -0.288 e. The van der Waals surface area contributed by atoms with Crippen LogP contribution in [0.1, 0.15) is 60.8 Å².